The van der Waals surface area contributed by atoms with Gasteiger partial charge in [0, 0.05) is 6.42 Å². The summed E-state index contributed by atoms with van der Waals surface area (Å²) >= 11 is 0. The Bertz CT molecular complexity index is 1050. The molecule has 0 saturated heterocycles. The van der Waals surface area contributed by atoms with Crippen molar-refractivity contribution in [2.24, 2.45) is 0 Å². The highest BCUT2D eigenvalue weighted by Gasteiger charge is 2.41. The standard InChI is InChI=1S/C21H19O4S2/c1-17-10-8-9-11-18(17)16-21(26(22,23)19-12-4-2-5-13-19)27(24,25)20-14-6-3-7-15-20/h2-15H,16H2,1H3. The Labute approximate surface area is 160 Å². The molecule has 3 rings (SSSR count). The molecule has 139 valence electrons. The van der Waals surface area contributed by atoms with Crippen molar-refractivity contribution in [1.29, 1.82) is 0 Å². The Morgan fingerprint density at radius 3 is 1.48 bits per heavy atom. The molecular formula is C21H19O4S2. The molecule has 0 N–H and O–H groups in total. The maximum absolute atomic E-state index is 13.3. The summed E-state index contributed by atoms with van der Waals surface area (Å²) in [6, 6.07) is 22.5. The van der Waals surface area contributed by atoms with Crippen LogP contribution in [0.3, 0.4) is 0 Å². The largest absolute Gasteiger partial charge is 0.222 e. The highest BCUT2D eigenvalue weighted by molar-refractivity contribution is 8.12. The molecule has 27 heavy (non-hydrogen) atoms. The smallest absolute Gasteiger partial charge is 0.220 e. The molecule has 0 amide bonds. The second kappa shape index (κ2) is 7.66. The van der Waals surface area contributed by atoms with E-state index < -0.39 is 24.3 Å². The van der Waals surface area contributed by atoms with E-state index in [4.69, 9.17) is 0 Å². The zero-order valence-electron chi connectivity index (χ0n) is 14.7. The zero-order chi connectivity index (χ0) is 19.5. The fraction of sp³-hybridized carbons (Fsp3) is 0.0952. The first-order valence-electron chi connectivity index (χ1n) is 8.34. The number of hydrogen-bond acceptors (Lipinski definition) is 4. The first-order valence-corrected chi connectivity index (χ1v) is 11.3. The third-order valence-corrected chi connectivity index (χ3v) is 8.89. The summed E-state index contributed by atoms with van der Waals surface area (Å²) in [5.74, 6) is 0. The van der Waals surface area contributed by atoms with Crippen LogP contribution in [0.1, 0.15) is 11.1 Å². The summed E-state index contributed by atoms with van der Waals surface area (Å²) in [6.07, 6.45) is -0.193. The average molecular weight is 400 g/mol. The van der Waals surface area contributed by atoms with Gasteiger partial charge in [-0.25, -0.2) is 16.8 Å². The molecule has 3 aromatic carbocycles. The van der Waals surface area contributed by atoms with E-state index in [1.165, 1.54) is 24.3 Å². The number of rotatable bonds is 6. The van der Waals surface area contributed by atoms with E-state index in [1.54, 1.807) is 48.5 Å². The zero-order valence-corrected chi connectivity index (χ0v) is 16.4. The van der Waals surface area contributed by atoms with Gasteiger partial charge in [-0.15, -0.1) is 0 Å². The molecule has 0 spiro atoms. The maximum Gasteiger partial charge on any atom is 0.220 e. The van der Waals surface area contributed by atoms with Crippen LogP contribution in [0.5, 0.6) is 0 Å². The molecule has 0 bridgehead atoms. The SMILES string of the molecule is Cc1ccccc1C[C](S(=O)(=O)c1ccccc1)S(=O)(=O)c1ccccc1. The third kappa shape index (κ3) is 3.96. The fourth-order valence-corrected chi connectivity index (χ4v) is 6.74. The molecule has 0 aliphatic heterocycles. The van der Waals surface area contributed by atoms with Gasteiger partial charge in [0.05, 0.1) is 9.79 Å². The Morgan fingerprint density at radius 1 is 0.630 bits per heavy atom. The molecular weight excluding hydrogens is 380 g/mol. The summed E-state index contributed by atoms with van der Waals surface area (Å²) in [6.45, 7) is 1.83. The van der Waals surface area contributed by atoms with Gasteiger partial charge in [-0.1, -0.05) is 60.7 Å². The minimum atomic E-state index is -4.19. The van der Waals surface area contributed by atoms with Gasteiger partial charge >= 0.3 is 0 Å². The second-order valence-corrected chi connectivity index (χ2v) is 10.3. The van der Waals surface area contributed by atoms with Crippen molar-refractivity contribution in [3.8, 4) is 0 Å². The molecule has 3 aromatic rings. The summed E-state index contributed by atoms with van der Waals surface area (Å²) in [7, 11) is -8.39. The number of hydrogen-bond donors (Lipinski definition) is 0. The highest BCUT2D eigenvalue weighted by atomic mass is 32.3. The summed E-state index contributed by atoms with van der Waals surface area (Å²) in [4.78, 5) is -0.0684. The van der Waals surface area contributed by atoms with E-state index in [0.29, 0.717) is 5.56 Å². The average Bonchev–Trinajstić information content (AvgIpc) is 2.68. The maximum atomic E-state index is 13.3. The number of aryl methyl sites for hydroxylation is 1. The second-order valence-electron chi connectivity index (χ2n) is 6.11. The summed E-state index contributed by atoms with van der Waals surface area (Å²) in [5, 5.41) is 0. The Kier molecular flexibility index (Phi) is 5.48. The molecule has 0 saturated carbocycles. The topological polar surface area (TPSA) is 68.3 Å². The van der Waals surface area contributed by atoms with Crippen molar-refractivity contribution in [2.45, 2.75) is 23.1 Å². The van der Waals surface area contributed by atoms with Crippen LogP contribution in [0.4, 0.5) is 0 Å². The van der Waals surface area contributed by atoms with Crippen molar-refractivity contribution >= 4 is 19.7 Å². The molecule has 0 heterocycles. The minimum absolute atomic E-state index is 0.0342. The Balaban J connectivity index is 2.17. The van der Waals surface area contributed by atoms with Crippen molar-refractivity contribution in [3.63, 3.8) is 0 Å². The van der Waals surface area contributed by atoms with Gasteiger partial charge in [-0.3, -0.25) is 0 Å². The van der Waals surface area contributed by atoms with Crippen LogP contribution in [0.15, 0.2) is 94.7 Å². The summed E-state index contributed by atoms with van der Waals surface area (Å²) in [5.41, 5.74) is 1.49. The lowest BCUT2D eigenvalue weighted by Gasteiger charge is -2.18. The van der Waals surface area contributed by atoms with E-state index in [0.717, 1.165) is 5.56 Å². The van der Waals surface area contributed by atoms with Gasteiger partial charge in [0.25, 0.3) is 0 Å². The van der Waals surface area contributed by atoms with Gasteiger partial charge in [0.15, 0.2) is 0 Å². The molecule has 0 unspecified atom stereocenters. The van der Waals surface area contributed by atoms with Crippen molar-refractivity contribution in [3.05, 3.63) is 101 Å². The first-order chi connectivity index (χ1) is 12.8. The van der Waals surface area contributed by atoms with E-state index in [9.17, 15) is 16.8 Å². The molecule has 0 aromatic heterocycles. The third-order valence-electron chi connectivity index (χ3n) is 4.30. The predicted octanol–water partition coefficient (Wildman–Crippen LogP) is 3.97. The first kappa shape index (κ1) is 19.3. The molecule has 4 nitrogen and oxygen atoms in total. The van der Waals surface area contributed by atoms with Crippen LogP contribution in [-0.4, -0.2) is 16.8 Å². The van der Waals surface area contributed by atoms with Gasteiger partial charge in [0.2, 0.25) is 24.3 Å². The van der Waals surface area contributed by atoms with Crippen LogP contribution in [0, 0.1) is 11.5 Å². The quantitative estimate of drug-likeness (QED) is 0.629. The normalized spacial score (nSPS) is 12.2. The van der Waals surface area contributed by atoms with Gasteiger partial charge in [-0.2, -0.15) is 0 Å². The van der Waals surface area contributed by atoms with Crippen molar-refractivity contribution in [1.82, 2.24) is 0 Å². The fourth-order valence-electron chi connectivity index (χ4n) is 2.76. The lowest BCUT2D eigenvalue weighted by Crippen LogP contribution is -2.25. The van der Waals surface area contributed by atoms with Crippen LogP contribution < -0.4 is 0 Å². The van der Waals surface area contributed by atoms with Crippen molar-refractivity contribution in [2.75, 3.05) is 0 Å². The van der Waals surface area contributed by atoms with Gasteiger partial charge in [-0.05, 0) is 42.3 Å². The molecule has 0 aliphatic rings. The van der Waals surface area contributed by atoms with Crippen molar-refractivity contribution < 1.29 is 16.8 Å². The predicted molar refractivity (Wildman–Crippen MR) is 105 cm³/mol. The van der Waals surface area contributed by atoms with Crippen LogP contribution in [0.2, 0.25) is 0 Å². The van der Waals surface area contributed by atoms with Crippen LogP contribution in [0.25, 0.3) is 0 Å². The van der Waals surface area contributed by atoms with Gasteiger partial charge < -0.3 is 0 Å². The van der Waals surface area contributed by atoms with E-state index >= 15 is 0 Å². The number of sulfone groups is 2. The molecule has 0 fully saturated rings. The monoisotopic (exact) mass is 399 g/mol. The van der Waals surface area contributed by atoms with E-state index in [-0.39, 0.29) is 16.2 Å². The van der Waals surface area contributed by atoms with Gasteiger partial charge in [0.1, 0.15) is 0 Å². The minimum Gasteiger partial charge on any atom is -0.222 e. The molecule has 0 aliphatic carbocycles. The Morgan fingerprint density at radius 2 is 1.04 bits per heavy atom. The number of benzene rings is 3. The van der Waals surface area contributed by atoms with Crippen LogP contribution in [-0.2, 0) is 26.1 Å². The lowest BCUT2D eigenvalue weighted by molar-refractivity contribution is 0.585. The van der Waals surface area contributed by atoms with E-state index in [2.05, 4.69) is 0 Å². The Hall–Kier alpha value is -2.44. The molecule has 1 radical (unpaired) electrons. The van der Waals surface area contributed by atoms with E-state index in [1.807, 2.05) is 19.1 Å². The highest BCUT2D eigenvalue weighted by Crippen LogP contribution is 2.34. The lowest BCUT2D eigenvalue weighted by atomic mass is 10.1. The van der Waals surface area contributed by atoms with Crippen LogP contribution >= 0.6 is 0 Å². The summed E-state index contributed by atoms with van der Waals surface area (Å²) < 4.78 is 52.5. The molecule has 6 heteroatoms. The molecule has 0 atom stereocenters.